The van der Waals surface area contributed by atoms with Gasteiger partial charge in [-0.25, -0.2) is 0 Å². The monoisotopic (exact) mass is 385 g/mol. The summed E-state index contributed by atoms with van der Waals surface area (Å²) >= 11 is 0. The molecule has 0 radical (unpaired) electrons. The van der Waals surface area contributed by atoms with E-state index >= 15 is 0 Å². The molecule has 0 amide bonds. The summed E-state index contributed by atoms with van der Waals surface area (Å²) in [6, 6.07) is 15.0. The Hall–Kier alpha value is -2.65. The molecule has 0 spiro atoms. The van der Waals surface area contributed by atoms with E-state index in [1.807, 2.05) is 12.1 Å². The Morgan fingerprint density at radius 3 is 2.69 bits per heavy atom. The van der Waals surface area contributed by atoms with Gasteiger partial charge in [0.1, 0.15) is 6.17 Å². The van der Waals surface area contributed by atoms with Crippen molar-refractivity contribution in [2.45, 2.75) is 46.2 Å². The van der Waals surface area contributed by atoms with Crippen LogP contribution in [-0.2, 0) is 0 Å². The van der Waals surface area contributed by atoms with Gasteiger partial charge in [0.15, 0.2) is 0 Å². The lowest BCUT2D eigenvalue weighted by atomic mass is 10.00. The number of aliphatic imine (C=N–C) groups is 1. The summed E-state index contributed by atoms with van der Waals surface area (Å²) in [7, 11) is 0. The predicted molar refractivity (Wildman–Crippen MR) is 124 cm³/mol. The largest absolute Gasteiger partial charge is 0.361 e. The maximum Gasteiger partial charge on any atom is 0.122 e. The smallest absolute Gasteiger partial charge is 0.122 e. The van der Waals surface area contributed by atoms with Crippen LogP contribution in [0.4, 0.5) is 5.69 Å². The van der Waals surface area contributed by atoms with E-state index in [1.54, 1.807) is 0 Å². The first-order valence-electron chi connectivity index (χ1n) is 10.6. The number of hydrogen-bond donors (Lipinski definition) is 2. The minimum atomic E-state index is -0.324. The van der Waals surface area contributed by atoms with Crippen molar-refractivity contribution < 1.29 is 0 Å². The molecule has 3 nitrogen and oxygen atoms in total. The van der Waals surface area contributed by atoms with Crippen LogP contribution < -0.4 is 11.1 Å². The van der Waals surface area contributed by atoms with Crippen LogP contribution in [0.5, 0.6) is 0 Å². The van der Waals surface area contributed by atoms with Crippen molar-refractivity contribution in [3.63, 3.8) is 0 Å². The third-order valence-corrected chi connectivity index (χ3v) is 6.14. The average molecular weight is 386 g/mol. The fourth-order valence-electron chi connectivity index (χ4n) is 4.37. The number of benzene rings is 2. The first-order valence-corrected chi connectivity index (χ1v) is 10.6. The number of nitrogens with one attached hydrogen (secondary N) is 1. The van der Waals surface area contributed by atoms with Crippen molar-refractivity contribution in [2.24, 2.45) is 22.1 Å². The van der Waals surface area contributed by atoms with Gasteiger partial charge in [-0.1, -0.05) is 60.5 Å². The van der Waals surface area contributed by atoms with Gasteiger partial charge in [-0.05, 0) is 67.9 Å². The highest BCUT2D eigenvalue weighted by Crippen LogP contribution is 2.58. The summed E-state index contributed by atoms with van der Waals surface area (Å²) in [6.45, 7) is 6.48. The van der Waals surface area contributed by atoms with Crippen molar-refractivity contribution in [1.29, 1.82) is 0 Å². The van der Waals surface area contributed by atoms with Gasteiger partial charge in [0.05, 0.1) is 0 Å². The van der Waals surface area contributed by atoms with E-state index in [-0.39, 0.29) is 11.6 Å². The molecular formula is C26H31N3. The second-order valence-corrected chi connectivity index (χ2v) is 8.54. The zero-order chi connectivity index (χ0) is 20.4. The third-order valence-electron chi connectivity index (χ3n) is 6.14. The Labute approximate surface area is 174 Å². The molecule has 3 N–H and O–H groups in total. The van der Waals surface area contributed by atoms with Gasteiger partial charge < -0.3 is 11.1 Å². The standard InChI is InChI=1S/C26H31N3/c1-4-20(22-12-18(2)11-19(3)13-22)16-28-24-9-5-7-21(14-24)25(27)29-17-26-10-6-8-23(26)15-26/h5-7,9-14,16-17,23,25,28H,4,8,15,27H2,1-3H3/b20-16+,29-17+/t23?,25?,26-/m1/s1. The van der Waals surface area contributed by atoms with Crippen molar-refractivity contribution in [2.75, 3.05) is 5.32 Å². The van der Waals surface area contributed by atoms with Gasteiger partial charge in [-0.3, -0.25) is 4.99 Å². The molecule has 2 aromatic rings. The Balaban J connectivity index is 1.47. The van der Waals surface area contributed by atoms with Crippen LogP contribution in [0.3, 0.4) is 0 Å². The zero-order valence-corrected chi connectivity index (χ0v) is 17.7. The highest BCUT2D eigenvalue weighted by molar-refractivity contribution is 5.75. The van der Waals surface area contributed by atoms with Crippen molar-refractivity contribution in [3.05, 3.63) is 83.1 Å². The quantitative estimate of drug-likeness (QED) is 0.443. The van der Waals surface area contributed by atoms with Crippen LogP contribution in [0.15, 0.2) is 65.8 Å². The Bertz CT molecular complexity index is 965. The number of hydrogen-bond acceptors (Lipinski definition) is 3. The first-order chi connectivity index (χ1) is 14.0. The SMILES string of the molecule is CC/C(=C\Nc1cccc(C(N)/N=C/[C@]23C=CCC2C3)c1)c1cc(C)cc(C)c1. The lowest BCUT2D eigenvalue weighted by Gasteiger charge is -2.12. The lowest BCUT2D eigenvalue weighted by Crippen LogP contribution is -2.10. The van der Waals surface area contributed by atoms with Crippen molar-refractivity contribution in [1.82, 2.24) is 0 Å². The molecule has 3 atom stereocenters. The predicted octanol–water partition coefficient (Wildman–Crippen LogP) is 6.16. The Kier molecular flexibility index (Phi) is 5.42. The van der Waals surface area contributed by atoms with E-state index in [0.717, 1.165) is 23.6 Å². The molecule has 2 unspecified atom stereocenters. The third kappa shape index (κ3) is 4.35. The maximum atomic E-state index is 6.36. The molecule has 150 valence electrons. The number of anilines is 1. The van der Waals surface area contributed by atoms with Crippen LogP contribution in [0.1, 0.15) is 54.6 Å². The molecule has 29 heavy (non-hydrogen) atoms. The number of allylic oxidation sites excluding steroid dienone is 3. The van der Waals surface area contributed by atoms with Crippen LogP contribution in [0, 0.1) is 25.2 Å². The molecule has 4 rings (SSSR count). The van der Waals surface area contributed by atoms with Crippen LogP contribution in [0.2, 0.25) is 0 Å². The summed E-state index contributed by atoms with van der Waals surface area (Å²) < 4.78 is 0. The highest BCUT2D eigenvalue weighted by Gasteiger charge is 2.52. The zero-order valence-electron chi connectivity index (χ0n) is 17.7. The minimum absolute atomic E-state index is 0.207. The summed E-state index contributed by atoms with van der Waals surface area (Å²) in [4.78, 5) is 4.67. The maximum absolute atomic E-state index is 6.36. The molecule has 0 aliphatic heterocycles. The number of aryl methyl sites for hydroxylation is 2. The summed E-state index contributed by atoms with van der Waals surface area (Å²) in [5.74, 6) is 0.759. The van der Waals surface area contributed by atoms with E-state index in [4.69, 9.17) is 5.73 Å². The second-order valence-electron chi connectivity index (χ2n) is 8.54. The van der Waals surface area contributed by atoms with E-state index in [2.05, 4.69) is 86.0 Å². The average Bonchev–Trinajstić information content (AvgIpc) is 3.25. The minimum Gasteiger partial charge on any atom is -0.361 e. The van der Waals surface area contributed by atoms with Crippen LogP contribution >= 0.6 is 0 Å². The van der Waals surface area contributed by atoms with Gasteiger partial charge in [0.2, 0.25) is 0 Å². The van der Waals surface area contributed by atoms with E-state index in [1.165, 1.54) is 35.1 Å². The fourth-order valence-corrected chi connectivity index (χ4v) is 4.37. The van der Waals surface area contributed by atoms with E-state index in [0.29, 0.717) is 0 Å². The molecule has 2 aliphatic rings. The molecule has 0 aromatic heterocycles. The molecule has 0 bridgehead atoms. The van der Waals surface area contributed by atoms with Gasteiger partial charge in [-0.15, -0.1) is 0 Å². The molecule has 0 saturated heterocycles. The summed E-state index contributed by atoms with van der Waals surface area (Å²) in [6.07, 6.45) is 11.8. The second kappa shape index (κ2) is 8.00. The number of fused-ring (bicyclic) bond motifs is 1. The lowest BCUT2D eigenvalue weighted by molar-refractivity contribution is 0.747. The Morgan fingerprint density at radius 1 is 1.24 bits per heavy atom. The van der Waals surface area contributed by atoms with Gasteiger partial charge in [0.25, 0.3) is 0 Å². The molecule has 0 heterocycles. The first kappa shape index (κ1) is 19.7. The van der Waals surface area contributed by atoms with Gasteiger partial charge >= 0.3 is 0 Å². The fraction of sp³-hybridized carbons (Fsp3) is 0.346. The van der Waals surface area contributed by atoms with E-state index in [9.17, 15) is 0 Å². The molecule has 2 aliphatic carbocycles. The van der Waals surface area contributed by atoms with Gasteiger partial charge in [0, 0.05) is 23.5 Å². The molecule has 3 heteroatoms. The number of rotatable bonds is 7. The molecule has 2 aromatic carbocycles. The normalized spacial score (nSPS) is 24.0. The summed E-state index contributed by atoms with van der Waals surface area (Å²) in [5.41, 5.74) is 13.8. The topological polar surface area (TPSA) is 50.4 Å². The molecular weight excluding hydrogens is 354 g/mol. The van der Waals surface area contributed by atoms with Crippen molar-refractivity contribution >= 4 is 17.5 Å². The van der Waals surface area contributed by atoms with Crippen molar-refractivity contribution in [3.8, 4) is 0 Å². The number of nitrogens with two attached hydrogens (primary N) is 1. The van der Waals surface area contributed by atoms with Crippen LogP contribution in [0.25, 0.3) is 5.57 Å². The Morgan fingerprint density at radius 2 is 2.03 bits per heavy atom. The molecule has 1 fully saturated rings. The van der Waals surface area contributed by atoms with Crippen LogP contribution in [-0.4, -0.2) is 6.21 Å². The summed E-state index contributed by atoms with van der Waals surface area (Å²) in [5, 5.41) is 3.46. The highest BCUT2D eigenvalue weighted by atomic mass is 14.9. The number of nitrogens with zero attached hydrogens (tertiary/aromatic N) is 1. The molecule has 1 saturated carbocycles. The van der Waals surface area contributed by atoms with E-state index < -0.39 is 0 Å². The van der Waals surface area contributed by atoms with Gasteiger partial charge in [-0.2, -0.15) is 0 Å².